The van der Waals surface area contributed by atoms with E-state index in [4.69, 9.17) is 0 Å². The molecule has 1 rings (SSSR count). The number of rotatable bonds is 2. The number of carbonyl (C=O) groups is 1. The first kappa shape index (κ1) is 9.50. The zero-order valence-electron chi connectivity index (χ0n) is 8.26. The molecule has 0 radical (unpaired) electrons. The average Bonchev–Trinajstić information content (AvgIpc) is 1.94. The minimum atomic E-state index is 0.225. The highest BCUT2D eigenvalue weighted by atomic mass is 16.1. The van der Waals surface area contributed by atoms with Gasteiger partial charge < -0.3 is 4.79 Å². The van der Waals surface area contributed by atoms with Gasteiger partial charge in [-0.15, -0.1) is 0 Å². The van der Waals surface area contributed by atoms with Crippen molar-refractivity contribution in [1.82, 2.24) is 0 Å². The molecule has 0 amide bonds. The van der Waals surface area contributed by atoms with E-state index in [1.54, 1.807) is 0 Å². The molecule has 0 spiro atoms. The van der Waals surface area contributed by atoms with Gasteiger partial charge in [-0.25, -0.2) is 0 Å². The van der Waals surface area contributed by atoms with Crippen molar-refractivity contribution in [3.05, 3.63) is 11.6 Å². The summed E-state index contributed by atoms with van der Waals surface area (Å²) in [4.78, 5) is 10.4. The quantitative estimate of drug-likeness (QED) is 0.455. The molecule has 1 heteroatoms. The van der Waals surface area contributed by atoms with Crippen LogP contribution in [0.2, 0.25) is 0 Å². The van der Waals surface area contributed by atoms with Crippen LogP contribution in [0.5, 0.6) is 0 Å². The largest absolute Gasteiger partial charge is 0.303 e. The summed E-state index contributed by atoms with van der Waals surface area (Å²) in [6.45, 7) is 6.63. The van der Waals surface area contributed by atoms with Crippen molar-refractivity contribution in [2.45, 2.75) is 40.0 Å². The average molecular weight is 166 g/mol. The maximum Gasteiger partial charge on any atom is 0.120 e. The summed E-state index contributed by atoms with van der Waals surface area (Å²) in [6.07, 6.45) is 6.44. The molecule has 0 heterocycles. The highest BCUT2D eigenvalue weighted by Crippen LogP contribution is 2.39. The normalized spacial score (nSPS) is 27.9. The molecule has 0 fully saturated rings. The lowest BCUT2D eigenvalue weighted by atomic mass is 9.70. The minimum absolute atomic E-state index is 0.225. The molecule has 68 valence electrons. The predicted octanol–water partition coefficient (Wildman–Crippen LogP) is 2.96. The topological polar surface area (TPSA) is 17.1 Å². The first-order chi connectivity index (χ1) is 5.56. The maximum absolute atomic E-state index is 10.4. The van der Waals surface area contributed by atoms with Crippen LogP contribution in [0, 0.1) is 11.3 Å². The lowest BCUT2D eigenvalue weighted by Crippen LogP contribution is -2.25. The fourth-order valence-corrected chi connectivity index (χ4v) is 2.14. The van der Waals surface area contributed by atoms with Crippen molar-refractivity contribution >= 4 is 6.29 Å². The minimum Gasteiger partial charge on any atom is -0.303 e. The molecular formula is C11H18O. The molecular weight excluding hydrogens is 148 g/mol. The van der Waals surface area contributed by atoms with Crippen LogP contribution in [0.3, 0.4) is 0 Å². The van der Waals surface area contributed by atoms with Crippen LogP contribution in [-0.4, -0.2) is 6.29 Å². The Morgan fingerprint density at radius 3 is 2.83 bits per heavy atom. The first-order valence-corrected chi connectivity index (χ1v) is 4.68. The number of hydrogen-bond donors (Lipinski definition) is 0. The second-order valence-corrected chi connectivity index (χ2v) is 4.45. The lowest BCUT2D eigenvalue weighted by Gasteiger charge is -2.35. The molecule has 0 unspecified atom stereocenters. The van der Waals surface area contributed by atoms with E-state index in [1.165, 1.54) is 18.4 Å². The van der Waals surface area contributed by atoms with E-state index >= 15 is 0 Å². The highest BCUT2D eigenvalue weighted by Gasteiger charge is 2.29. The Bertz CT molecular complexity index is 201. The van der Waals surface area contributed by atoms with E-state index in [0.29, 0.717) is 5.92 Å². The lowest BCUT2D eigenvalue weighted by molar-refractivity contribution is -0.109. The first-order valence-electron chi connectivity index (χ1n) is 4.68. The van der Waals surface area contributed by atoms with E-state index in [9.17, 15) is 4.79 Å². The second-order valence-electron chi connectivity index (χ2n) is 4.45. The van der Waals surface area contributed by atoms with Crippen LogP contribution < -0.4 is 0 Å². The Hall–Kier alpha value is -0.590. The summed E-state index contributed by atoms with van der Waals surface area (Å²) in [7, 11) is 0. The third-order valence-corrected chi connectivity index (χ3v) is 2.94. The number of allylic oxidation sites excluding steroid dienone is 2. The van der Waals surface area contributed by atoms with Crippen LogP contribution in [0.15, 0.2) is 11.6 Å². The molecule has 0 saturated carbocycles. The monoisotopic (exact) mass is 166 g/mol. The van der Waals surface area contributed by atoms with Gasteiger partial charge in [0.2, 0.25) is 0 Å². The summed E-state index contributed by atoms with van der Waals surface area (Å²) in [6, 6.07) is 0. The summed E-state index contributed by atoms with van der Waals surface area (Å²) in [5, 5.41) is 0. The second kappa shape index (κ2) is 3.42. The van der Waals surface area contributed by atoms with Crippen LogP contribution in [-0.2, 0) is 4.79 Å². The maximum atomic E-state index is 10.4. The molecule has 0 N–H and O–H groups in total. The van der Waals surface area contributed by atoms with Gasteiger partial charge in [0.1, 0.15) is 6.29 Å². The van der Waals surface area contributed by atoms with Gasteiger partial charge >= 0.3 is 0 Å². The van der Waals surface area contributed by atoms with E-state index in [0.717, 1.165) is 12.7 Å². The molecule has 1 nitrogen and oxygen atoms in total. The molecule has 1 aliphatic rings. The molecule has 0 aliphatic heterocycles. The van der Waals surface area contributed by atoms with Crippen molar-refractivity contribution in [2.75, 3.05) is 0 Å². The Labute approximate surface area is 74.9 Å². The third kappa shape index (κ3) is 1.96. The van der Waals surface area contributed by atoms with Gasteiger partial charge in [-0.05, 0) is 31.1 Å². The molecule has 1 atom stereocenters. The van der Waals surface area contributed by atoms with Crippen LogP contribution in [0.4, 0.5) is 0 Å². The molecule has 12 heavy (non-hydrogen) atoms. The zero-order chi connectivity index (χ0) is 9.19. The van der Waals surface area contributed by atoms with E-state index < -0.39 is 0 Å². The molecule has 0 aromatic heterocycles. The van der Waals surface area contributed by atoms with E-state index in [-0.39, 0.29) is 5.41 Å². The predicted molar refractivity (Wildman–Crippen MR) is 50.9 cm³/mol. The summed E-state index contributed by atoms with van der Waals surface area (Å²) in [5.74, 6) is 0.554. The van der Waals surface area contributed by atoms with Gasteiger partial charge in [-0.3, -0.25) is 0 Å². The van der Waals surface area contributed by atoms with Crippen molar-refractivity contribution in [3.63, 3.8) is 0 Å². The van der Waals surface area contributed by atoms with Gasteiger partial charge in [0.05, 0.1) is 0 Å². The third-order valence-electron chi connectivity index (χ3n) is 2.94. The van der Waals surface area contributed by atoms with Crippen LogP contribution in [0.1, 0.15) is 40.0 Å². The van der Waals surface area contributed by atoms with Crippen molar-refractivity contribution in [3.8, 4) is 0 Å². The summed E-state index contributed by atoms with van der Waals surface area (Å²) < 4.78 is 0. The van der Waals surface area contributed by atoms with E-state index in [1.807, 2.05) is 0 Å². The molecule has 0 saturated heterocycles. The summed E-state index contributed by atoms with van der Waals surface area (Å²) in [5.41, 5.74) is 1.70. The smallest absolute Gasteiger partial charge is 0.120 e. The van der Waals surface area contributed by atoms with Crippen molar-refractivity contribution < 1.29 is 4.79 Å². The summed E-state index contributed by atoms with van der Waals surface area (Å²) >= 11 is 0. The molecule has 1 aliphatic carbocycles. The Balaban J connectivity index is 2.74. The molecule has 0 aromatic carbocycles. The molecule has 0 aromatic rings. The van der Waals surface area contributed by atoms with Gasteiger partial charge in [0, 0.05) is 6.42 Å². The van der Waals surface area contributed by atoms with Crippen LogP contribution >= 0.6 is 0 Å². The number of carbonyl (C=O) groups excluding carboxylic acids is 1. The van der Waals surface area contributed by atoms with Gasteiger partial charge in [-0.2, -0.15) is 0 Å². The zero-order valence-corrected chi connectivity index (χ0v) is 8.26. The van der Waals surface area contributed by atoms with Crippen molar-refractivity contribution in [2.24, 2.45) is 11.3 Å². The Kier molecular flexibility index (Phi) is 2.71. The Morgan fingerprint density at radius 2 is 2.33 bits per heavy atom. The van der Waals surface area contributed by atoms with E-state index in [2.05, 4.69) is 26.8 Å². The fraction of sp³-hybridized carbons (Fsp3) is 0.727. The SMILES string of the molecule is CC1=CC(C)(C)[C@H](CC=O)CC1. The van der Waals surface area contributed by atoms with Gasteiger partial charge in [0.25, 0.3) is 0 Å². The molecule has 0 bridgehead atoms. The standard InChI is InChI=1S/C11H18O/c1-9-4-5-10(6-7-12)11(2,3)8-9/h7-8,10H,4-6H2,1-3H3/t10-/m0/s1. The van der Waals surface area contributed by atoms with Gasteiger partial charge in [-0.1, -0.05) is 25.5 Å². The number of aldehydes is 1. The Morgan fingerprint density at radius 1 is 1.67 bits per heavy atom. The fourth-order valence-electron chi connectivity index (χ4n) is 2.14. The highest BCUT2D eigenvalue weighted by molar-refractivity contribution is 5.50. The number of hydrogen-bond acceptors (Lipinski definition) is 1. The van der Waals surface area contributed by atoms with Crippen LogP contribution in [0.25, 0.3) is 0 Å². The van der Waals surface area contributed by atoms with Crippen molar-refractivity contribution in [1.29, 1.82) is 0 Å². The van der Waals surface area contributed by atoms with Gasteiger partial charge in [0.15, 0.2) is 0 Å².